The molecule has 0 aliphatic rings. The van der Waals surface area contributed by atoms with Crippen LogP contribution in [0.3, 0.4) is 0 Å². The third-order valence-electron chi connectivity index (χ3n) is 2.03. The number of carbonyl (C=O) groups excluding carboxylic acids is 1. The molecule has 5 heteroatoms. The minimum Gasteiger partial charge on any atom is -0.444 e. The molecule has 2 N–H and O–H groups in total. The van der Waals surface area contributed by atoms with E-state index in [9.17, 15) is 4.79 Å². The largest absolute Gasteiger partial charge is 0.444 e. The van der Waals surface area contributed by atoms with Gasteiger partial charge in [0.1, 0.15) is 5.60 Å². The maximum absolute atomic E-state index is 11.3. The predicted octanol–water partition coefficient (Wildman–Crippen LogP) is 2.24. The molecule has 0 aromatic rings. The number of rotatable bonds is 7. The summed E-state index contributed by atoms with van der Waals surface area (Å²) in [6.45, 7) is 10.3. The van der Waals surface area contributed by atoms with Crippen molar-refractivity contribution in [2.24, 2.45) is 0 Å². The van der Waals surface area contributed by atoms with Crippen LogP contribution in [-0.2, 0) is 4.74 Å². The van der Waals surface area contributed by atoms with Crippen LogP contribution in [0.1, 0.15) is 34.1 Å². The fraction of sp³-hybridized carbons (Fsp3) is 0.917. The molecule has 0 aromatic heterocycles. The number of hydrogen-bond donors (Lipinski definition) is 2. The van der Waals surface area contributed by atoms with E-state index in [1.807, 2.05) is 32.5 Å². The molecule has 4 nitrogen and oxygen atoms in total. The van der Waals surface area contributed by atoms with Crippen molar-refractivity contribution in [2.75, 3.05) is 25.9 Å². The van der Waals surface area contributed by atoms with E-state index in [0.717, 1.165) is 19.5 Å². The zero-order chi connectivity index (χ0) is 13.3. The number of nitrogens with one attached hydrogen (secondary N) is 2. The molecule has 1 unspecified atom stereocenters. The van der Waals surface area contributed by atoms with Gasteiger partial charge in [-0.05, 0) is 40.0 Å². The van der Waals surface area contributed by atoms with Gasteiger partial charge in [-0.25, -0.2) is 4.79 Å². The van der Waals surface area contributed by atoms with E-state index in [2.05, 4.69) is 23.8 Å². The van der Waals surface area contributed by atoms with Crippen molar-refractivity contribution in [3.8, 4) is 0 Å². The summed E-state index contributed by atoms with van der Waals surface area (Å²) >= 11 is 1.85. The zero-order valence-corrected chi connectivity index (χ0v) is 12.4. The number of amides is 1. The quantitative estimate of drug-likeness (QED) is 0.691. The molecule has 1 atom stereocenters. The lowest BCUT2D eigenvalue weighted by molar-refractivity contribution is 0.0527. The van der Waals surface area contributed by atoms with Gasteiger partial charge in [-0.3, -0.25) is 0 Å². The molecule has 0 spiro atoms. The first-order chi connectivity index (χ1) is 7.85. The van der Waals surface area contributed by atoms with Crippen molar-refractivity contribution >= 4 is 17.9 Å². The maximum Gasteiger partial charge on any atom is 0.407 e. The van der Waals surface area contributed by atoms with E-state index in [4.69, 9.17) is 4.74 Å². The summed E-state index contributed by atoms with van der Waals surface area (Å²) in [6, 6.07) is 0. The Bertz CT molecular complexity index is 217. The van der Waals surface area contributed by atoms with Gasteiger partial charge in [-0.1, -0.05) is 6.92 Å². The molecule has 0 saturated carbocycles. The molecule has 102 valence electrons. The molecule has 0 aliphatic heterocycles. The van der Waals surface area contributed by atoms with E-state index in [0.29, 0.717) is 11.8 Å². The Morgan fingerprint density at radius 2 is 2.00 bits per heavy atom. The Balaban J connectivity index is 3.37. The highest BCUT2D eigenvalue weighted by molar-refractivity contribution is 7.99. The third-order valence-corrected chi connectivity index (χ3v) is 3.00. The second kappa shape index (κ2) is 8.64. The van der Waals surface area contributed by atoms with Gasteiger partial charge in [0.15, 0.2) is 0 Å². The normalized spacial score (nSPS) is 13.2. The molecule has 0 fully saturated rings. The Labute approximate surface area is 109 Å². The number of hydrogen-bond acceptors (Lipinski definition) is 4. The average Bonchev–Trinajstić information content (AvgIpc) is 2.20. The summed E-state index contributed by atoms with van der Waals surface area (Å²) in [7, 11) is 0. The summed E-state index contributed by atoms with van der Waals surface area (Å²) in [6.07, 6.45) is 2.69. The Hall–Kier alpha value is -0.420. The molecule has 0 rings (SSSR count). The van der Waals surface area contributed by atoms with Crippen LogP contribution in [-0.4, -0.2) is 42.8 Å². The van der Waals surface area contributed by atoms with E-state index in [1.165, 1.54) is 0 Å². The number of alkyl carbamates (subject to hydrolysis) is 1. The lowest BCUT2D eigenvalue weighted by Crippen LogP contribution is -2.34. The van der Waals surface area contributed by atoms with Crippen LogP contribution in [0.2, 0.25) is 0 Å². The molecular weight excluding hydrogens is 236 g/mol. The van der Waals surface area contributed by atoms with Gasteiger partial charge in [-0.15, -0.1) is 0 Å². The van der Waals surface area contributed by atoms with Gasteiger partial charge in [0, 0.05) is 18.3 Å². The summed E-state index contributed by atoms with van der Waals surface area (Å²) in [5, 5.41) is 6.71. The molecular formula is C12H26N2O2S. The summed E-state index contributed by atoms with van der Waals surface area (Å²) in [5.74, 6) is 0. The van der Waals surface area contributed by atoms with E-state index in [-0.39, 0.29) is 6.09 Å². The van der Waals surface area contributed by atoms with Gasteiger partial charge in [0.25, 0.3) is 0 Å². The molecule has 0 saturated heterocycles. The first kappa shape index (κ1) is 16.6. The SMILES string of the molecule is CSC(C)CNCCCNC(=O)OC(C)(C)C. The van der Waals surface area contributed by atoms with E-state index in [1.54, 1.807) is 0 Å². The lowest BCUT2D eigenvalue weighted by atomic mass is 10.2. The standard InChI is InChI=1S/C12H26N2O2S/c1-10(17-5)9-13-7-6-8-14-11(15)16-12(2,3)4/h10,13H,6-9H2,1-5H3,(H,14,15). The van der Waals surface area contributed by atoms with Crippen LogP contribution in [0, 0.1) is 0 Å². The minimum absolute atomic E-state index is 0.338. The first-order valence-corrected chi connectivity index (χ1v) is 7.34. The van der Waals surface area contributed by atoms with Gasteiger partial charge in [0.2, 0.25) is 0 Å². The molecule has 0 bridgehead atoms. The molecule has 0 radical (unpaired) electrons. The molecule has 0 heterocycles. The van der Waals surface area contributed by atoms with Gasteiger partial charge in [0.05, 0.1) is 0 Å². The monoisotopic (exact) mass is 262 g/mol. The summed E-state index contributed by atoms with van der Waals surface area (Å²) in [4.78, 5) is 11.3. The van der Waals surface area contributed by atoms with E-state index >= 15 is 0 Å². The van der Waals surface area contributed by atoms with Gasteiger partial charge < -0.3 is 15.4 Å². The smallest absolute Gasteiger partial charge is 0.407 e. The maximum atomic E-state index is 11.3. The Morgan fingerprint density at radius 3 is 2.53 bits per heavy atom. The summed E-state index contributed by atoms with van der Waals surface area (Å²) < 4.78 is 5.13. The fourth-order valence-electron chi connectivity index (χ4n) is 1.11. The number of carbonyl (C=O) groups is 1. The van der Waals surface area contributed by atoms with Crippen LogP contribution in [0.25, 0.3) is 0 Å². The van der Waals surface area contributed by atoms with Crippen LogP contribution in [0.5, 0.6) is 0 Å². The van der Waals surface area contributed by atoms with E-state index < -0.39 is 5.60 Å². The van der Waals surface area contributed by atoms with Crippen molar-refractivity contribution in [3.63, 3.8) is 0 Å². The highest BCUT2D eigenvalue weighted by atomic mass is 32.2. The van der Waals surface area contributed by atoms with Crippen LogP contribution in [0.15, 0.2) is 0 Å². The third kappa shape index (κ3) is 11.8. The van der Waals surface area contributed by atoms with Gasteiger partial charge >= 0.3 is 6.09 Å². The molecule has 0 aromatic carbocycles. The second-order valence-electron chi connectivity index (χ2n) is 5.03. The van der Waals surface area contributed by atoms with Crippen molar-refractivity contribution in [2.45, 2.75) is 45.0 Å². The Morgan fingerprint density at radius 1 is 1.35 bits per heavy atom. The molecule has 0 aliphatic carbocycles. The topological polar surface area (TPSA) is 50.4 Å². The number of ether oxygens (including phenoxy) is 1. The van der Waals surface area contributed by atoms with Crippen LogP contribution in [0.4, 0.5) is 4.79 Å². The number of thioether (sulfide) groups is 1. The van der Waals surface area contributed by atoms with Crippen molar-refractivity contribution in [1.82, 2.24) is 10.6 Å². The average molecular weight is 262 g/mol. The van der Waals surface area contributed by atoms with Crippen molar-refractivity contribution < 1.29 is 9.53 Å². The summed E-state index contributed by atoms with van der Waals surface area (Å²) in [5.41, 5.74) is -0.421. The van der Waals surface area contributed by atoms with Crippen LogP contribution < -0.4 is 10.6 Å². The van der Waals surface area contributed by atoms with Crippen molar-refractivity contribution in [3.05, 3.63) is 0 Å². The first-order valence-electron chi connectivity index (χ1n) is 6.05. The lowest BCUT2D eigenvalue weighted by Gasteiger charge is -2.19. The molecule has 1 amide bonds. The zero-order valence-electron chi connectivity index (χ0n) is 11.6. The highest BCUT2D eigenvalue weighted by Gasteiger charge is 2.15. The highest BCUT2D eigenvalue weighted by Crippen LogP contribution is 2.06. The van der Waals surface area contributed by atoms with Gasteiger partial charge in [-0.2, -0.15) is 11.8 Å². The Kier molecular flexibility index (Phi) is 8.43. The second-order valence-corrected chi connectivity index (χ2v) is 6.31. The predicted molar refractivity (Wildman–Crippen MR) is 74.7 cm³/mol. The fourth-order valence-corrected chi connectivity index (χ4v) is 1.39. The molecule has 17 heavy (non-hydrogen) atoms. The van der Waals surface area contributed by atoms with Crippen LogP contribution >= 0.6 is 11.8 Å². The minimum atomic E-state index is -0.421. The van der Waals surface area contributed by atoms with Crippen molar-refractivity contribution in [1.29, 1.82) is 0 Å².